The quantitative estimate of drug-likeness (QED) is 0.478. The van der Waals surface area contributed by atoms with Crippen molar-refractivity contribution in [1.82, 2.24) is 5.01 Å². The summed E-state index contributed by atoms with van der Waals surface area (Å²) in [6.45, 7) is -0.479. The van der Waals surface area contributed by atoms with Crippen LogP contribution in [0.3, 0.4) is 0 Å². The average Bonchev–Trinajstić information content (AvgIpc) is 3.40. The highest BCUT2D eigenvalue weighted by molar-refractivity contribution is 6.30. The summed E-state index contributed by atoms with van der Waals surface area (Å²) in [4.78, 5) is 37.4. The first-order valence-corrected chi connectivity index (χ1v) is 11.6. The number of amides is 2. The molecule has 2 aromatic carbocycles. The molecule has 2 amide bonds. The second-order valence-corrected chi connectivity index (χ2v) is 8.88. The SMILES string of the molecule is O=C(OCC(=O)N1N=C(c2ccc(Cl)cc2)CC1c1ccco1)c1ccc(NC(=O)C2CC2)cc1. The third kappa shape index (κ3) is 5.27. The fourth-order valence-electron chi connectivity index (χ4n) is 3.82. The molecule has 2 heterocycles. The summed E-state index contributed by atoms with van der Waals surface area (Å²) < 4.78 is 10.8. The number of carbonyl (C=O) groups is 3. The van der Waals surface area contributed by atoms with Crippen molar-refractivity contribution in [1.29, 1.82) is 0 Å². The minimum absolute atomic E-state index is 0.0128. The second-order valence-electron chi connectivity index (χ2n) is 8.44. The highest BCUT2D eigenvalue weighted by Gasteiger charge is 2.35. The Morgan fingerprint density at radius 1 is 1.06 bits per heavy atom. The van der Waals surface area contributed by atoms with Crippen molar-refractivity contribution in [3.8, 4) is 0 Å². The second kappa shape index (κ2) is 9.76. The lowest BCUT2D eigenvalue weighted by atomic mass is 10.0. The summed E-state index contributed by atoms with van der Waals surface area (Å²) in [5, 5.41) is 9.22. The average molecular weight is 492 g/mol. The standard InChI is InChI=1S/C26H22ClN3O5/c27-19-9-5-16(6-10-19)21-14-22(23-2-1-13-34-23)30(29-21)24(31)15-35-26(33)18-7-11-20(12-8-18)28-25(32)17-3-4-17/h1-2,5-13,17,22H,3-4,14-15H2,(H,28,32). The molecule has 1 atom stereocenters. The normalized spacial score (nSPS) is 17.1. The van der Waals surface area contributed by atoms with E-state index in [-0.39, 0.29) is 17.4 Å². The van der Waals surface area contributed by atoms with Crippen LogP contribution in [-0.4, -0.2) is 35.1 Å². The van der Waals surface area contributed by atoms with Crippen LogP contribution < -0.4 is 5.32 Å². The minimum atomic E-state index is -0.644. The topological polar surface area (TPSA) is 101 Å². The van der Waals surface area contributed by atoms with Crippen molar-refractivity contribution in [2.75, 3.05) is 11.9 Å². The van der Waals surface area contributed by atoms with Crippen molar-refractivity contribution in [2.45, 2.75) is 25.3 Å². The maximum Gasteiger partial charge on any atom is 0.338 e. The van der Waals surface area contributed by atoms with Crippen molar-refractivity contribution < 1.29 is 23.5 Å². The van der Waals surface area contributed by atoms with Crippen molar-refractivity contribution in [3.63, 3.8) is 0 Å². The molecule has 1 N–H and O–H groups in total. The molecule has 2 aliphatic rings. The molecule has 1 aromatic heterocycles. The summed E-state index contributed by atoms with van der Waals surface area (Å²) in [7, 11) is 0. The molecule has 0 spiro atoms. The van der Waals surface area contributed by atoms with Crippen LogP contribution in [0.15, 0.2) is 76.4 Å². The van der Waals surface area contributed by atoms with Crippen molar-refractivity contribution >= 4 is 40.8 Å². The van der Waals surface area contributed by atoms with Crippen LogP contribution in [0, 0.1) is 5.92 Å². The van der Waals surface area contributed by atoms with Crippen LogP contribution in [0.5, 0.6) is 0 Å². The van der Waals surface area contributed by atoms with Crippen LogP contribution in [0.1, 0.15) is 47.0 Å². The lowest BCUT2D eigenvalue weighted by Crippen LogP contribution is -2.31. The van der Waals surface area contributed by atoms with Crippen LogP contribution in [0.4, 0.5) is 5.69 Å². The third-order valence-corrected chi connectivity index (χ3v) is 6.13. The van der Waals surface area contributed by atoms with Gasteiger partial charge < -0.3 is 14.5 Å². The van der Waals surface area contributed by atoms with E-state index in [2.05, 4.69) is 10.4 Å². The van der Waals surface area contributed by atoms with Gasteiger partial charge in [0, 0.05) is 23.0 Å². The first-order chi connectivity index (χ1) is 17.0. The number of nitrogens with zero attached hydrogens (tertiary/aromatic N) is 2. The molecule has 1 aliphatic carbocycles. The van der Waals surface area contributed by atoms with Gasteiger partial charge in [-0.15, -0.1) is 0 Å². The van der Waals surface area contributed by atoms with Crippen LogP contribution in [0.25, 0.3) is 0 Å². The number of hydrazone groups is 1. The van der Waals surface area contributed by atoms with E-state index >= 15 is 0 Å². The molecule has 1 unspecified atom stereocenters. The molecule has 178 valence electrons. The number of furan rings is 1. The van der Waals surface area contributed by atoms with Gasteiger partial charge in [0.15, 0.2) is 6.61 Å². The number of benzene rings is 2. The fourth-order valence-corrected chi connectivity index (χ4v) is 3.94. The summed E-state index contributed by atoms with van der Waals surface area (Å²) in [6, 6.07) is 16.6. The maximum absolute atomic E-state index is 13.0. The van der Waals surface area contributed by atoms with Crippen molar-refractivity contribution in [3.05, 3.63) is 88.8 Å². The van der Waals surface area contributed by atoms with Crippen LogP contribution >= 0.6 is 11.6 Å². The zero-order valence-corrected chi connectivity index (χ0v) is 19.4. The Balaban J connectivity index is 1.24. The molecule has 3 aromatic rings. The summed E-state index contributed by atoms with van der Waals surface area (Å²) in [6.07, 6.45) is 3.80. The summed E-state index contributed by atoms with van der Waals surface area (Å²) in [5.74, 6) is -0.461. The molecular formula is C26H22ClN3O5. The van der Waals surface area contributed by atoms with Gasteiger partial charge in [-0.2, -0.15) is 5.10 Å². The van der Waals surface area contributed by atoms with E-state index in [1.165, 1.54) is 11.3 Å². The van der Waals surface area contributed by atoms with E-state index in [1.54, 1.807) is 48.5 Å². The fraction of sp³-hybridized carbons (Fsp3) is 0.231. The zero-order valence-electron chi connectivity index (χ0n) is 18.6. The molecule has 1 aliphatic heterocycles. The first-order valence-electron chi connectivity index (χ1n) is 11.2. The van der Waals surface area contributed by atoms with Gasteiger partial charge in [0.25, 0.3) is 5.91 Å². The Morgan fingerprint density at radius 3 is 2.46 bits per heavy atom. The van der Waals surface area contributed by atoms with Gasteiger partial charge in [-0.25, -0.2) is 9.80 Å². The largest absolute Gasteiger partial charge is 0.467 e. The number of esters is 1. The number of anilines is 1. The zero-order chi connectivity index (χ0) is 24.4. The number of rotatable bonds is 7. The Bertz CT molecular complexity index is 1270. The van der Waals surface area contributed by atoms with Crippen molar-refractivity contribution in [2.24, 2.45) is 11.0 Å². The monoisotopic (exact) mass is 491 g/mol. The number of hydrogen-bond acceptors (Lipinski definition) is 6. The van der Waals surface area contributed by atoms with E-state index in [4.69, 9.17) is 20.8 Å². The molecule has 1 saturated carbocycles. The molecule has 8 nitrogen and oxygen atoms in total. The highest BCUT2D eigenvalue weighted by atomic mass is 35.5. The van der Waals surface area contributed by atoms with E-state index in [9.17, 15) is 14.4 Å². The molecule has 0 bridgehead atoms. The summed E-state index contributed by atoms with van der Waals surface area (Å²) in [5.41, 5.74) is 2.42. The van der Waals surface area contributed by atoms with Gasteiger partial charge in [-0.3, -0.25) is 9.59 Å². The Hall–Kier alpha value is -3.91. The van der Waals surface area contributed by atoms with Crippen LogP contribution in [0.2, 0.25) is 5.02 Å². The summed E-state index contributed by atoms with van der Waals surface area (Å²) >= 11 is 5.99. The van der Waals surface area contributed by atoms with Crippen LogP contribution in [-0.2, 0) is 14.3 Å². The lowest BCUT2D eigenvalue weighted by Gasteiger charge is -2.19. The number of nitrogens with one attached hydrogen (secondary N) is 1. The lowest BCUT2D eigenvalue weighted by molar-refractivity contribution is -0.136. The molecule has 5 rings (SSSR count). The Morgan fingerprint density at radius 2 is 1.80 bits per heavy atom. The predicted octanol–water partition coefficient (Wildman–Crippen LogP) is 4.82. The molecule has 9 heteroatoms. The third-order valence-electron chi connectivity index (χ3n) is 5.88. The highest BCUT2D eigenvalue weighted by Crippen LogP contribution is 2.33. The minimum Gasteiger partial charge on any atom is -0.467 e. The first kappa shape index (κ1) is 22.9. The number of hydrogen-bond donors (Lipinski definition) is 1. The number of ether oxygens (including phenoxy) is 1. The van der Waals surface area contributed by atoms with Gasteiger partial charge in [-0.05, 0) is 66.9 Å². The van der Waals surface area contributed by atoms with E-state index in [0.717, 1.165) is 18.4 Å². The number of carbonyl (C=O) groups excluding carboxylic acids is 3. The molecule has 0 radical (unpaired) electrons. The van der Waals surface area contributed by atoms with Gasteiger partial charge in [0.1, 0.15) is 11.8 Å². The maximum atomic E-state index is 13.0. The molecule has 0 saturated heterocycles. The van der Waals surface area contributed by atoms with Gasteiger partial charge in [-0.1, -0.05) is 23.7 Å². The van der Waals surface area contributed by atoms with Gasteiger partial charge in [0.05, 0.1) is 17.5 Å². The number of halogens is 1. The molecule has 35 heavy (non-hydrogen) atoms. The molecular weight excluding hydrogens is 470 g/mol. The Kier molecular flexibility index (Phi) is 6.37. The molecule has 1 fully saturated rings. The van der Waals surface area contributed by atoms with E-state index < -0.39 is 24.5 Å². The van der Waals surface area contributed by atoms with E-state index in [1.807, 2.05) is 12.1 Å². The van der Waals surface area contributed by atoms with Gasteiger partial charge in [0.2, 0.25) is 5.91 Å². The predicted molar refractivity (Wildman–Crippen MR) is 129 cm³/mol. The smallest absolute Gasteiger partial charge is 0.338 e. The van der Waals surface area contributed by atoms with Gasteiger partial charge >= 0.3 is 5.97 Å². The van der Waals surface area contributed by atoms with E-state index in [0.29, 0.717) is 28.6 Å². The Labute approximate surface area is 206 Å².